The number of benzene rings is 1. The summed E-state index contributed by atoms with van der Waals surface area (Å²) in [5, 5.41) is 3.41. The molecule has 0 saturated carbocycles. The molecule has 4 nitrogen and oxygen atoms in total. The van der Waals surface area contributed by atoms with Crippen LogP contribution in [0.25, 0.3) is 0 Å². The summed E-state index contributed by atoms with van der Waals surface area (Å²) in [6, 6.07) is 7.90. The summed E-state index contributed by atoms with van der Waals surface area (Å²) in [5.74, 6) is 5.19. The van der Waals surface area contributed by atoms with Gasteiger partial charge in [0.1, 0.15) is 0 Å². The van der Waals surface area contributed by atoms with Crippen LogP contribution in [0.3, 0.4) is 0 Å². The van der Waals surface area contributed by atoms with Gasteiger partial charge in [-0.25, -0.2) is 5.84 Å². The minimum Gasteiger partial charge on any atom is -0.384 e. The molecule has 0 unspecified atom stereocenters. The summed E-state index contributed by atoms with van der Waals surface area (Å²) in [7, 11) is 1.68. The molecule has 0 fully saturated rings. The van der Waals surface area contributed by atoms with E-state index in [0.717, 1.165) is 17.7 Å². The second-order valence-corrected chi connectivity index (χ2v) is 3.41. The molecule has 5 heteroatoms. The summed E-state index contributed by atoms with van der Waals surface area (Å²) >= 11 is 4.93. The Balaban J connectivity index is 2.72. The van der Waals surface area contributed by atoms with E-state index < -0.39 is 0 Å². The predicted molar refractivity (Wildman–Crippen MR) is 65.6 cm³/mol. The van der Waals surface area contributed by atoms with Gasteiger partial charge in [-0.3, -0.25) is 0 Å². The van der Waals surface area contributed by atoms with E-state index in [1.165, 1.54) is 0 Å². The zero-order chi connectivity index (χ0) is 11.1. The van der Waals surface area contributed by atoms with Crippen LogP contribution in [0.2, 0.25) is 0 Å². The number of para-hydroxylation sites is 1. The summed E-state index contributed by atoms with van der Waals surface area (Å²) in [4.78, 5) is 0. The van der Waals surface area contributed by atoms with Crippen molar-refractivity contribution in [3.8, 4) is 0 Å². The third kappa shape index (κ3) is 3.83. The molecule has 4 N–H and O–H groups in total. The van der Waals surface area contributed by atoms with Crippen molar-refractivity contribution in [3.05, 3.63) is 29.8 Å². The van der Waals surface area contributed by atoms with Gasteiger partial charge in [0, 0.05) is 12.8 Å². The van der Waals surface area contributed by atoms with Gasteiger partial charge in [0.05, 0.1) is 6.61 Å². The molecule has 0 bridgehead atoms. The number of nitrogens with one attached hydrogen (secondary N) is 2. The maximum Gasteiger partial charge on any atom is 0.185 e. The highest BCUT2D eigenvalue weighted by molar-refractivity contribution is 7.80. The number of nitrogens with two attached hydrogens (primary N) is 1. The first kappa shape index (κ1) is 11.9. The van der Waals surface area contributed by atoms with Crippen molar-refractivity contribution in [2.24, 2.45) is 5.84 Å². The number of ether oxygens (including phenoxy) is 1. The van der Waals surface area contributed by atoms with Crippen LogP contribution in [0.1, 0.15) is 5.56 Å². The Kier molecular flexibility index (Phi) is 5.03. The zero-order valence-corrected chi connectivity index (χ0v) is 9.43. The molecule has 1 rings (SSSR count). The van der Waals surface area contributed by atoms with Crippen molar-refractivity contribution in [1.29, 1.82) is 0 Å². The van der Waals surface area contributed by atoms with Crippen LogP contribution in [0.15, 0.2) is 24.3 Å². The second kappa shape index (κ2) is 6.34. The van der Waals surface area contributed by atoms with Gasteiger partial charge in [0.2, 0.25) is 0 Å². The maximum absolute atomic E-state index is 5.19. The Morgan fingerprint density at radius 2 is 2.20 bits per heavy atom. The Morgan fingerprint density at radius 1 is 1.47 bits per heavy atom. The first-order chi connectivity index (χ1) is 7.27. The van der Waals surface area contributed by atoms with Crippen LogP contribution < -0.4 is 16.6 Å². The molecule has 15 heavy (non-hydrogen) atoms. The molecule has 0 atom stereocenters. The van der Waals surface area contributed by atoms with Crippen molar-refractivity contribution in [2.75, 3.05) is 19.0 Å². The molecule has 0 aliphatic heterocycles. The standard InChI is InChI=1S/C10H15N3OS/c1-14-7-6-8-4-2-3-5-9(8)12-10(15)13-11/h2-5H,6-7,11H2,1H3,(H2,12,13,15). The fourth-order valence-corrected chi connectivity index (χ4v) is 1.34. The van der Waals surface area contributed by atoms with Crippen molar-refractivity contribution >= 4 is 23.0 Å². The fourth-order valence-electron chi connectivity index (χ4n) is 1.23. The zero-order valence-electron chi connectivity index (χ0n) is 8.62. The van der Waals surface area contributed by atoms with Crippen LogP contribution in [0.5, 0.6) is 0 Å². The topological polar surface area (TPSA) is 59.3 Å². The lowest BCUT2D eigenvalue weighted by molar-refractivity contribution is 0.202. The highest BCUT2D eigenvalue weighted by atomic mass is 32.1. The Morgan fingerprint density at radius 3 is 2.87 bits per heavy atom. The van der Waals surface area contributed by atoms with E-state index in [2.05, 4.69) is 10.7 Å². The van der Waals surface area contributed by atoms with Gasteiger partial charge < -0.3 is 15.5 Å². The van der Waals surface area contributed by atoms with Gasteiger partial charge in [0.25, 0.3) is 0 Å². The second-order valence-electron chi connectivity index (χ2n) is 3.00. The summed E-state index contributed by atoms with van der Waals surface area (Å²) in [6.07, 6.45) is 0.840. The van der Waals surface area contributed by atoms with E-state index in [1.807, 2.05) is 24.3 Å². The van der Waals surface area contributed by atoms with Gasteiger partial charge in [-0.1, -0.05) is 18.2 Å². The van der Waals surface area contributed by atoms with Gasteiger partial charge in [-0.2, -0.15) is 0 Å². The summed E-state index contributed by atoms with van der Waals surface area (Å²) in [5.41, 5.74) is 4.49. The first-order valence-corrected chi connectivity index (χ1v) is 5.03. The molecule has 82 valence electrons. The highest BCUT2D eigenvalue weighted by Gasteiger charge is 2.02. The lowest BCUT2D eigenvalue weighted by Crippen LogP contribution is -2.34. The van der Waals surface area contributed by atoms with Gasteiger partial charge in [0.15, 0.2) is 5.11 Å². The number of anilines is 1. The number of thiocarbonyl (C=S) groups is 1. The minimum atomic E-state index is 0.403. The average molecular weight is 225 g/mol. The number of methoxy groups -OCH3 is 1. The van der Waals surface area contributed by atoms with Crippen molar-refractivity contribution in [1.82, 2.24) is 5.43 Å². The van der Waals surface area contributed by atoms with Crippen LogP contribution in [0.4, 0.5) is 5.69 Å². The number of hydrazine groups is 1. The number of hydrogen-bond donors (Lipinski definition) is 3. The Bertz CT molecular complexity index is 330. The lowest BCUT2D eigenvalue weighted by atomic mass is 10.1. The van der Waals surface area contributed by atoms with E-state index in [0.29, 0.717) is 11.7 Å². The Hall–Kier alpha value is -1.17. The van der Waals surface area contributed by atoms with Crippen LogP contribution >= 0.6 is 12.2 Å². The lowest BCUT2D eigenvalue weighted by Gasteiger charge is -2.11. The molecule has 0 heterocycles. The van der Waals surface area contributed by atoms with Crippen LogP contribution in [-0.4, -0.2) is 18.8 Å². The van der Waals surface area contributed by atoms with E-state index in [1.54, 1.807) is 7.11 Å². The van der Waals surface area contributed by atoms with E-state index >= 15 is 0 Å². The molecule has 1 aromatic carbocycles. The normalized spacial score (nSPS) is 9.73. The third-order valence-electron chi connectivity index (χ3n) is 1.97. The van der Waals surface area contributed by atoms with E-state index in [9.17, 15) is 0 Å². The monoisotopic (exact) mass is 225 g/mol. The number of rotatable bonds is 4. The number of hydrogen-bond acceptors (Lipinski definition) is 3. The maximum atomic E-state index is 5.19. The smallest absolute Gasteiger partial charge is 0.185 e. The molecule has 0 spiro atoms. The van der Waals surface area contributed by atoms with Crippen molar-refractivity contribution in [2.45, 2.75) is 6.42 Å². The van der Waals surface area contributed by atoms with Crippen LogP contribution in [-0.2, 0) is 11.2 Å². The molecule has 0 saturated heterocycles. The molecule has 0 aliphatic rings. The molecule has 0 amide bonds. The fraction of sp³-hybridized carbons (Fsp3) is 0.300. The summed E-state index contributed by atoms with van der Waals surface area (Å²) in [6.45, 7) is 0.682. The van der Waals surface area contributed by atoms with Gasteiger partial charge in [-0.05, 0) is 30.3 Å². The molecule has 0 aliphatic carbocycles. The third-order valence-corrected chi connectivity index (χ3v) is 2.19. The highest BCUT2D eigenvalue weighted by Crippen LogP contribution is 2.15. The minimum absolute atomic E-state index is 0.403. The largest absolute Gasteiger partial charge is 0.384 e. The average Bonchev–Trinajstić information content (AvgIpc) is 2.28. The quantitative estimate of drug-likeness (QED) is 0.406. The molecule has 0 aromatic heterocycles. The SMILES string of the molecule is COCCc1ccccc1NC(=S)NN. The molecular weight excluding hydrogens is 210 g/mol. The summed E-state index contributed by atoms with van der Waals surface area (Å²) < 4.78 is 5.03. The van der Waals surface area contributed by atoms with Gasteiger partial charge >= 0.3 is 0 Å². The van der Waals surface area contributed by atoms with Crippen molar-refractivity contribution < 1.29 is 4.74 Å². The first-order valence-electron chi connectivity index (χ1n) is 4.62. The Labute approximate surface area is 94.8 Å². The predicted octanol–water partition coefficient (Wildman–Crippen LogP) is 1.04. The molecule has 0 radical (unpaired) electrons. The van der Waals surface area contributed by atoms with Gasteiger partial charge in [-0.15, -0.1) is 0 Å². The van der Waals surface area contributed by atoms with Crippen molar-refractivity contribution in [3.63, 3.8) is 0 Å². The molecular formula is C10H15N3OS. The molecule has 1 aromatic rings. The van der Waals surface area contributed by atoms with E-state index in [-0.39, 0.29) is 0 Å². The van der Waals surface area contributed by atoms with E-state index in [4.69, 9.17) is 22.8 Å². The van der Waals surface area contributed by atoms with Crippen LogP contribution in [0, 0.1) is 0 Å².